The van der Waals surface area contributed by atoms with Crippen molar-refractivity contribution in [3.05, 3.63) is 71.7 Å². The van der Waals surface area contributed by atoms with E-state index in [9.17, 15) is 9.59 Å². The molecule has 1 aliphatic heterocycles. The highest BCUT2D eigenvalue weighted by molar-refractivity contribution is 5.96. The van der Waals surface area contributed by atoms with Crippen LogP contribution in [0.25, 0.3) is 11.1 Å². The molecule has 0 radical (unpaired) electrons. The lowest BCUT2D eigenvalue weighted by atomic mass is 9.85. The van der Waals surface area contributed by atoms with E-state index in [0.29, 0.717) is 17.1 Å². The van der Waals surface area contributed by atoms with Gasteiger partial charge in [0, 0.05) is 29.6 Å². The first-order valence-electron chi connectivity index (χ1n) is 8.05. The summed E-state index contributed by atoms with van der Waals surface area (Å²) < 4.78 is 5.23. The van der Waals surface area contributed by atoms with Crippen molar-refractivity contribution in [3.63, 3.8) is 0 Å². The Bertz CT molecular complexity index is 1000. The van der Waals surface area contributed by atoms with E-state index in [4.69, 9.17) is 4.74 Å². The smallest absolute Gasteiger partial charge is 0.215 e. The summed E-state index contributed by atoms with van der Waals surface area (Å²) in [4.78, 5) is 33.7. The summed E-state index contributed by atoms with van der Waals surface area (Å²) in [6.45, 7) is 0. The molecular weight excluding hydrogens is 330 g/mol. The molecule has 3 heterocycles. The highest BCUT2D eigenvalue weighted by Gasteiger charge is 2.34. The molecule has 0 aliphatic carbocycles. The number of amides is 1. The minimum atomic E-state index is -0.497. The summed E-state index contributed by atoms with van der Waals surface area (Å²) in [6, 6.07) is 12.6. The van der Waals surface area contributed by atoms with Crippen molar-refractivity contribution in [2.75, 3.05) is 12.0 Å². The molecule has 26 heavy (non-hydrogen) atoms. The molecule has 3 aromatic rings. The normalized spacial score (nSPS) is 15.0. The maximum absolute atomic E-state index is 12.0. The number of anilines is 1. The number of fused-ring (bicyclic) bond motifs is 3. The number of benzene rings is 1. The number of carbonyl (C=O) groups excluding carboxylic acids is 2. The van der Waals surface area contributed by atoms with Crippen molar-refractivity contribution in [2.24, 2.45) is 0 Å². The zero-order valence-corrected chi connectivity index (χ0v) is 14.0. The molecule has 0 saturated carbocycles. The third-order valence-electron chi connectivity index (χ3n) is 4.55. The standard InChI is InChI=1S/C20H15N3O3/c1-26-18-10-13(6-8-22-18)20-19-15(7-9-21-16(19)11-24)14-4-2-3-5-17(14)23(20)12-25/h2-12,20H,1H3. The largest absolute Gasteiger partial charge is 0.481 e. The van der Waals surface area contributed by atoms with Gasteiger partial charge in [-0.05, 0) is 29.3 Å². The van der Waals surface area contributed by atoms with Crippen molar-refractivity contribution in [2.45, 2.75) is 6.04 Å². The Kier molecular flexibility index (Phi) is 3.93. The van der Waals surface area contributed by atoms with E-state index in [1.165, 1.54) is 7.11 Å². The van der Waals surface area contributed by atoms with Crippen LogP contribution in [0.4, 0.5) is 5.69 Å². The predicted octanol–water partition coefficient (Wildman–Crippen LogP) is 3.03. The van der Waals surface area contributed by atoms with Gasteiger partial charge in [0.25, 0.3) is 0 Å². The van der Waals surface area contributed by atoms with Crippen LogP contribution in [0.15, 0.2) is 54.9 Å². The molecule has 1 amide bonds. The molecule has 0 N–H and O–H groups in total. The number of carbonyl (C=O) groups is 2. The van der Waals surface area contributed by atoms with Crippen LogP contribution in [0, 0.1) is 0 Å². The first-order valence-corrected chi connectivity index (χ1v) is 8.05. The monoisotopic (exact) mass is 345 g/mol. The lowest BCUT2D eigenvalue weighted by Gasteiger charge is -2.36. The summed E-state index contributed by atoms with van der Waals surface area (Å²) >= 11 is 0. The van der Waals surface area contributed by atoms with E-state index in [1.54, 1.807) is 23.4 Å². The van der Waals surface area contributed by atoms with Crippen LogP contribution in [0.1, 0.15) is 27.7 Å². The van der Waals surface area contributed by atoms with E-state index in [1.807, 2.05) is 36.4 Å². The number of para-hydroxylation sites is 1. The van der Waals surface area contributed by atoms with Crippen LogP contribution in [0.3, 0.4) is 0 Å². The van der Waals surface area contributed by atoms with Crippen molar-refractivity contribution in [3.8, 4) is 17.0 Å². The third-order valence-corrected chi connectivity index (χ3v) is 4.55. The Hall–Kier alpha value is -3.54. The molecule has 1 atom stereocenters. The predicted molar refractivity (Wildman–Crippen MR) is 96.2 cm³/mol. The average Bonchev–Trinajstić information content (AvgIpc) is 2.72. The summed E-state index contributed by atoms with van der Waals surface area (Å²) in [5, 5.41) is 0. The fourth-order valence-corrected chi connectivity index (χ4v) is 3.46. The molecule has 128 valence electrons. The number of aldehydes is 1. The highest BCUT2D eigenvalue weighted by Crippen LogP contribution is 2.47. The van der Waals surface area contributed by atoms with Gasteiger partial charge in [0.2, 0.25) is 12.3 Å². The molecule has 0 spiro atoms. The summed E-state index contributed by atoms with van der Waals surface area (Å²) in [6.07, 6.45) is 4.73. The van der Waals surface area contributed by atoms with E-state index in [-0.39, 0.29) is 0 Å². The molecule has 1 aliphatic rings. The Labute approximate surface area is 150 Å². The van der Waals surface area contributed by atoms with Gasteiger partial charge in [0.15, 0.2) is 6.29 Å². The molecule has 2 aromatic heterocycles. The van der Waals surface area contributed by atoms with Crippen molar-refractivity contribution >= 4 is 18.4 Å². The van der Waals surface area contributed by atoms with Gasteiger partial charge in [-0.15, -0.1) is 0 Å². The van der Waals surface area contributed by atoms with Crippen LogP contribution in [-0.4, -0.2) is 29.8 Å². The Morgan fingerprint density at radius 2 is 1.85 bits per heavy atom. The van der Waals surface area contributed by atoms with E-state index >= 15 is 0 Å². The lowest BCUT2D eigenvalue weighted by molar-refractivity contribution is -0.107. The van der Waals surface area contributed by atoms with Gasteiger partial charge < -0.3 is 9.64 Å². The maximum Gasteiger partial charge on any atom is 0.215 e. The van der Waals surface area contributed by atoms with Gasteiger partial charge in [-0.25, -0.2) is 4.98 Å². The molecule has 6 heteroatoms. The number of hydrogen-bond donors (Lipinski definition) is 0. The fourth-order valence-electron chi connectivity index (χ4n) is 3.46. The Balaban J connectivity index is 2.05. The lowest BCUT2D eigenvalue weighted by Crippen LogP contribution is -2.33. The van der Waals surface area contributed by atoms with Crippen LogP contribution in [0.5, 0.6) is 5.88 Å². The van der Waals surface area contributed by atoms with Gasteiger partial charge in [-0.2, -0.15) is 0 Å². The Morgan fingerprint density at radius 1 is 1.04 bits per heavy atom. The van der Waals surface area contributed by atoms with Gasteiger partial charge in [0.05, 0.1) is 18.8 Å². The summed E-state index contributed by atoms with van der Waals surface area (Å²) in [5.41, 5.74) is 4.34. The van der Waals surface area contributed by atoms with Gasteiger partial charge in [-0.1, -0.05) is 18.2 Å². The second-order valence-corrected chi connectivity index (χ2v) is 5.84. The zero-order chi connectivity index (χ0) is 18.1. The number of hydrogen-bond acceptors (Lipinski definition) is 5. The second-order valence-electron chi connectivity index (χ2n) is 5.84. The number of pyridine rings is 2. The molecule has 6 nitrogen and oxygen atoms in total. The number of aromatic nitrogens is 2. The molecule has 0 saturated heterocycles. The van der Waals surface area contributed by atoms with Crippen molar-refractivity contribution in [1.29, 1.82) is 0 Å². The molecule has 1 aromatic carbocycles. The van der Waals surface area contributed by atoms with E-state index < -0.39 is 6.04 Å². The second kappa shape index (κ2) is 6.40. The number of rotatable bonds is 4. The van der Waals surface area contributed by atoms with Crippen LogP contribution < -0.4 is 9.64 Å². The quantitative estimate of drug-likeness (QED) is 0.680. The van der Waals surface area contributed by atoms with Crippen LogP contribution >= 0.6 is 0 Å². The molecular formula is C20H15N3O3. The SMILES string of the molecule is COc1cc(C2c3c(ccnc3C=O)-c3ccccc3N2C=O)ccn1. The van der Waals surface area contributed by atoms with Gasteiger partial charge in [-0.3, -0.25) is 14.6 Å². The van der Waals surface area contributed by atoms with Crippen molar-refractivity contribution < 1.29 is 14.3 Å². The number of nitrogens with zero attached hydrogens (tertiary/aromatic N) is 3. The summed E-state index contributed by atoms with van der Waals surface area (Å²) in [7, 11) is 1.53. The van der Waals surface area contributed by atoms with E-state index in [0.717, 1.165) is 35.1 Å². The Morgan fingerprint density at radius 3 is 2.62 bits per heavy atom. The first-order chi connectivity index (χ1) is 12.8. The van der Waals surface area contributed by atoms with Crippen molar-refractivity contribution in [1.82, 2.24) is 9.97 Å². The topological polar surface area (TPSA) is 72.4 Å². The minimum Gasteiger partial charge on any atom is -0.481 e. The minimum absolute atomic E-state index is 0.310. The third kappa shape index (κ3) is 2.35. The highest BCUT2D eigenvalue weighted by atomic mass is 16.5. The van der Waals surface area contributed by atoms with Gasteiger partial charge >= 0.3 is 0 Å². The summed E-state index contributed by atoms with van der Waals surface area (Å²) in [5.74, 6) is 0.435. The zero-order valence-electron chi connectivity index (χ0n) is 14.0. The fraction of sp³-hybridized carbons (Fsp3) is 0.100. The van der Waals surface area contributed by atoms with E-state index in [2.05, 4.69) is 9.97 Å². The number of methoxy groups -OCH3 is 1. The van der Waals surface area contributed by atoms with Crippen LogP contribution in [0.2, 0.25) is 0 Å². The molecule has 0 bridgehead atoms. The van der Waals surface area contributed by atoms with Crippen LogP contribution in [-0.2, 0) is 4.79 Å². The average molecular weight is 345 g/mol. The number of ether oxygens (including phenoxy) is 1. The molecule has 4 rings (SSSR count). The maximum atomic E-state index is 12.0. The molecule has 0 fully saturated rings. The van der Waals surface area contributed by atoms with Gasteiger partial charge in [0.1, 0.15) is 5.69 Å². The molecule has 1 unspecified atom stereocenters. The first kappa shape index (κ1) is 16.0.